The first-order valence-electron chi connectivity index (χ1n) is 6.00. The SMILES string of the molecule is CC(CNCc1ccco1)Oc1ccc(F)c(Br)c1. The first-order valence-corrected chi connectivity index (χ1v) is 6.79. The summed E-state index contributed by atoms with van der Waals surface area (Å²) in [7, 11) is 0. The third-order valence-corrected chi connectivity index (χ3v) is 3.15. The minimum absolute atomic E-state index is 0.0210. The van der Waals surface area contributed by atoms with E-state index in [1.807, 2.05) is 19.1 Å². The van der Waals surface area contributed by atoms with Gasteiger partial charge in [0.2, 0.25) is 0 Å². The van der Waals surface area contributed by atoms with Crippen LogP contribution >= 0.6 is 15.9 Å². The molecule has 19 heavy (non-hydrogen) atoms. The van der Waals surface area contributed by atoms with Gasteiger partial charge in [0, 0.05) is 6.54 Å². The van der Waals surface area contributed by atoms with Crippen LogP contribution in [0.1, 0.15) is 12.7 Å². The fourth-order valence-corrected chi connectivity index (χ4v) is 1.99. The Bertz CT molecular complexity index is 516. The van der Waals surface area contributed by atoms with Crippen LogP contribution in [0, 0.1) is 5.82 Å². The molecule has 0 aliphatic carbocycles. The second-order valence-corrected chi connectivity index (χ2v) is 5.07. The highest BCUT2D eigenvalue weighted by Gasteiger charge is 2.06. The summed E-state index contributed by atoms with van der Waals surface area (Å²) in [6.45, 7) is 3.29. The fraction of sp³-hybridized carbons (Fsp3) is 0.286. The van der Waals surface area contributed by atoms with Crippen molar-refractivity contribution >= 4 is 15.9 Å². The van der Waals surface area contributed by atoms with E-state index in [0.29, 0.717) is 23.3 Å². The summed E-state index contributed by atoms with van der Waals surface area (Å²) in [6, 6.07) is 8.38. The summed E-state index contributed by atoms with van der Waals surface area (Å²) in [5.74, 6) is 1.23. The third kappa shape index (κ3) is 4.36. The van der Waals surface area contributed by atoms with Gasteiger partial charge in [0.15, 0.2) is 0 Å². The molecule has 5 heteroatoms. The van der Waals surface area contributed by atoms with E-state index in [9.17, 15) is 4.39 Å². The fourth-order valence-electron chi connectivity index (χ4n) is 1.64. The summed E-state index contributed by atoms with van der Waals surface area (Å²) in [5.41, 5.74) is 0. The Labute approximate surface area is 119 Å². The molecule has 0 saturated heterocycles. The molecule has 2 rings (SSSR count). The largest absolute Gasteiger partial charge is 0.489 e. The molecular weight excluding hydrogens is 313 g/mol. The van der Waals surface area contributed by atoms with Crippen molar-refractivity contribution < 1.29 is 13.5 Å². The minimum Gasteiger partial charge on any atom is -0.489 e. The molecule has 1 aromatic carbocycles. The van der Waals surface area contributed by atoms with Gasteiger partial charge in [-0.05, 0) is 53.2 Å². The van der Waals surface area contributed by atoms with Crippen LogP contribution in [0.5, 0.6) is 5.75 Å². The van der Waals surface area contributed by atoms with Crippen LogP contribution in [0.15, 0.2) is 45.5 Å². The van der Waals surface area contributed by atoms with E-state index >= 15 is 0 Å². The van der Waals surface area contributed by atoms with Crippen molar-refractivity contribution in [1.82, 2.24) is 5.32 Å². The second kappa shape index (κ2) is 6.73. The molecule has 1 unspecified atom stereocenters. The van der Waals surface area contributed by atoms with Crippen molar-refractivity contribution in [2.45, 2.75) is 19.6 Å². The molecule has 0 aliphatic heterocycles. The van der Waals surface area contributed by atoms with Gasteiger partial charge in [0.05, 0.1) is 17.3 Å². The van der Waals surface area contributed by atoms with Crippen LogP contribution < -0.4 is 10.1 Å². The van der Waals surface area contributed by atoms with Crippen molar-refractivity contribution in [3.63, 3.8) is 0 Å². The predicted octanol–water partition coefficient (Wildman–Crippen LogP) is 3.74. The Hall–Kier alpha value is -1.33. The van der Waals surface area contributed by atoms with Gasteiger partial charge in [0.1, 0.15) is 23.4 Å². The van der Waals surface area contributed by atoms with Crippen molar-refractivity contribution in [3.8, 4) is 5.75 Å². The first kappa shape index (κ1) is 14.1. The predicted molar refractivity (Wildman–Crippen MR) is 74.6 cm³/mol. The van der Waals surface area contributed by atoms with Crippen LogP contribution in [0.3, 0.4) is 0 Å². The first-order chi connectivity index (χ1) is 9.15. The van der Waals surface area contributed by atoms with Crippen LogP contribution in [-0.4, -0.2) is 12.6 Å². The molecule has 102 valence electrons. The van der Waals surface area contributed by atoms with Gasteiger partial charge in [-0.2, -0.15) is 0 Å². The van der Waals surface area contributed by atoms with E-state index in [1.54, 1.807) is 18.4 Å². The van der Waals surface area contributed by atoms with Crippen molar-refractivity contribution in [1.29, 1.82) is 0 Å². The van der Waals surface area contributed by atoms with Crippen LogP contribution in [-0.2, 0) is 6.54 Å². The van der Waals surface area contributed by atoms with E-state index in [2.05, 4.69) is 21.2 Å². The number of hydrogen-bond donors (Lipinski definition) is 1. The van der Waals surface area contributed by atoms with Crippen LogP contribution in [0.25, 0.3) is 0 Å². The molecule has 2 aromatic rings. The lowest BCUT2D eigenvalue weighted by Crippen LogP contribution is -2.28. The van der Waals surface area contributed by atoms with Crippen molar-refractivity contribution in [2.75, 3.05) is 6.54 Å². The number of halogens is 2. The van der Waals surface area contributed by atoms with Crippen molar-refractivity contribution in [3.05, 3.63) is 52.6 Å². The highest BCUT2D eigenvalue weighted by Crippen LogP contribution is 2.22. The summed E-state index contributed by atoms with van der Waals surface area (Å²) in [5, 5.41) is 3.23. The zero-order valence-electron chi connectivity index (χ0n) is 10.5. The highest BCUT2D eigenvalue weighted by molar-refractivity contribution is 9.10. The summed E-state index contributed by atoms with van der Waals surface area (Å²) >= 11 is 3.13. The quantitative estimate of drug-likeness (QED) is 0.877. The van der Waals surface area contributed by atoms with Gasteiger partial charge in [-0.15, -0.1) is 0 Å². The molecule has 0 amide bonds. The Morgan fingerprint density at radius 1 is 1.42 bits per heavy atom. The Balaban J connectivity index is 1.77. The van der Waals surface area contributed by atoms with Crippen molar-refractivity contribution in [2.24, 2.45) is 0 Å². The monoisotopic (exact) mass is 327 g/mol. The topological polar surface area (TPSA) is 34.4 Å². The molecule has 1 atom stereocenters. The van der Waals surface area contributed by atoms with Gasteiger partial charge < -0.3 is 14.5 Å². The lowest BCUT2D eigenvalue weighted by Gasteiger charge is -2.15. The van der Waals surface area contributed by atoms with E-state index < -0.39 is 0 Å². The van der Waals surface area contributed by atoms with Gasteiger partial charge in [-0.1, -0.05) is 0 Å². The number of nitrogens with one attached hydrogen (secondary N) is 1. The normalized spacial score (nSPS) is 12.4. The van der Waals surface area contributed by atoms with E-state index in [4.69, 9.17) is 9.15 Å². The zero-order valence-corrected chi connectivity index (χ0v) is 12.1. The van der Waals surface area contributed by atoms with E-state index in [0.717, 1.165) is 5.76 Å². The summed E-state index contributed by atoms with van der Waals surface area (Å²) < 4.78 is 24.4. The van der Waals surface area contributed by atoms with Gasteiger partial charge >= 0.3 is 0 Å². The Morgan fingerprint density at radius 2 is 2.26 bits per heavy atom. The molecule has 0 aliphatic rings. The lowest BCUT2D eigenvalue weighted by molar-refractivity contribution is 0.215. The number of ether oxygens (including phenoxy) is 1. The standard InChI is InChI=1S/C14H15BrFNO2/c1-10(8-17-9-12-3-2-6-18-12)19-11-4-5-14(16)13(15)7-11/h2-7,10,17H,8-9H2,1H3. The number of benzene rings is 1. The molecule has 0 bridgehead atoms. The smallest absolute Gasteiger partial charge is 0.137 e. The summed E-state index contributed by atoms with van der Waals surface area (Å²) in [6.07, 6.45) is 1.62. The molecular formula is C14H15BrFNO2. The third-order valence-electron chi connectivity index (χ3n) is 2.54. The average Bonchev–Trinajstić information content (AvgIpc) is 2.87. The average molecular weight is 328 g/mol. The summed E-state index contributed by atoms with van der Waals surface area (Å²) in [4.78, 5) is 0. The minimum atomic E-state index is -0.295. The maximum absolute atomic E-state index is 13.1. The molecule has 1 heterocycles. The highest BCUT2D eigenvalue weighted by atomic mass is 79.9. The molecule has 0 radical (unpaired) electrons. The van der Waals surface area contributed by atoms with Crippen LogP contribution in [0.4, 0.5) is 4.39 Å². The van der Waals surface area contributed by atoms with Gasteiger partial charge in [-0.25, -0.2) is 4.39 Å². The molecule has 0 fully saturated rings. The van der Waals surface area contributed by atoms with E-state index in [1.165, 1.54) is 6.07 Å². The maximum Gasteiger partial charge on any atom is 0.137 e. The molecule has 0 saturated carbocycles. The number of furan rings is 1. The van der Waals surface area contributed by atoms with E-state index in [-0.39, 0.29) is 11.9 Å². The molecule has 3 nitrogen and oxygen atoms in total. The molecule has 1 N–H and O–H groups in total. The molecule has 1 aromatic heterocycles. The van der Waals surface area contributed by atoms with Gasteiger partial charge in [-0.3, -0.25) is 0 Å². The maximum atomic E-state index is 13.1. The number of rotatable bonds is 6. The molecule has 0 spiro atoms. The van der Waals surface area contributed by atoms with Crippen LogP contribution in [0.2, 0.25) is 0 Å². The second-order valence-electron chi connectivity index (χ2n) is 4.21. The Morgan fingerprint density at radius 3 is 2.95 bits per heavy atom. The number of hydrogen-bond acceptors (Lipinski definition) is 3. The Kier molecular flexibility index (Phi) is 4.99. The van der Waals surface area contributed by atoms with Gasteiger partial charge in [0.25, 0.3) is 0 Å². The zero-order chi connectivity index (χ0) is 13.7. The lowest BCUT2D eigenvalue weighted by atomic mass is 10.3.